The molecule has 1 heterocycles. The van der Waals surface area contributed by atoms with Crippen molar-refractivity contribution in [1.29, 1.82) is 0 Å². The van der Waals surface area contributed by atoms with Crippen LogP contribution in [-0.4, -0.2) is 43.3 Å². The van der Waals surface area contributed by atoms with Gasteiger partial charge in [-0.05, 0) is 54.5 Å². The van der Waals surface area contributed by atoms with E-state index in [1.165, 1.54) is 13.2 Å². The molecule has 0 fully saturated rings. The Bertz CT molecular complexity index is 999. The number of carboxylic acid groups (broad SMARTS) is 1. The van der Waals surface area contributed by atoms with Crippen molar-refractivity contribution in [2.24, 2.45) is 0 Å². The average molecular weight is 426 g/mol. The largest absolute Gasteiger partial charge is 0.497 e. The maximum atomic E-state index is 12.7. The number of fused-ring (bicyclic) bond motifs is 1. The summed E-state index contributed by atoms with van der Waals surface area (Å²) in [5, 5.41) is 14.0. The van der Waals surface area contributed by atoms with E-state index in [2.05, 4.69) is 10.6 Å². The van der Waals surface area contributed by atoms with Crippen LogP contribution >= 0.6 is 0 Å². The Labute approximate surface area is 178 Å². The Kier molecular flexibility index (Phi) is 7.10. The number of carbonyl (C=O) groups is 3. The molecule has 162 valence electrons. The zero-order valence-corrected chi connectivity index (χ0v) is 16.8. The van der Waals surface area contributed by atoms with Gasteiger partial charge in [0.05, 0.1) is 7.11 Å². The Morgan fingerprint density at radius 2 is 1.84 bits per heavy atom. The minimum atomic E-state index is -0.946. The summed E-state index contributed by atoms with van der Waals surface area (Å²) < 4.78 is 15.7. The molecule has 0 atom stereocenters. The summed E-state index contributed by atoms with van der Waals surface area (Å²) in [7, 11) is 1.52. The Balaban J connectivity index is 1.78. The van der Waals surface area contributed by atoms with E-state index in [1.54, 1.807) is 42.5 Å². The zero-order valence-electron chi connectivity index (χ0n) is 16.8. The Morgan fingerprint density at radius 1 is 1.10 bits per heavy atom. The van der Waals surface area contributed by atoms with Gasteiger partial charge in [-0.1, -0.05) is 6.07 Å². The predicted molar refractivity (Wildman–Crippen MR) is 111 cm³/mol. The highest BCUT2D eigenvalue weighted by Gasteiger charge is 2.17. The van der Waals surface area contributed by atoms with E-state index in [4.69, 9.17) is 19.3 Å². The fraction of sp³-hybridized carbons (Fsp3) is 0.227. The van der Waals surface area contributed by atoms with E-state index in [9.17, 15) is 14.4 Å². The molecule has 9 nitrogen and oxygen atoms in total. The summed E-state index contributed by atoms with van der Waals surface area (Å²) in [5.41, 5.74) is 0.973. The molecule has 0 radical (unpaired) electrons. The molecule has 1 aliphatic rings. The standard InChI is InChI=1S/C22H22N2O7/c1-29-16-7-5-15(6-8-16)21(27)24-17(22(28)23-10-2-3-20(25)26)11-14-4-9-18-19(12-14)31-13-30-18/h4-9,11-12H,2-3,10,13H2,1H3,(H,23,28)(H,24,27)(H,25,26). The van der Waals surface area contributed by atoms with Crippen LogP contribution in [0.4, 0.5) is 0 Å². The van der Waals surface area contributed by atoms with Crippen LogP contribution in [0.3, 0.4) is 0 Å². The number of nitrogens with one attached hydrogen (secondary N) is 2. The lowest BCUT2D eigenvalue weighted by molar-refractivity contribution is -0.137. The number of ether oxygens (including phenoxy) is 3. The molecule has 0 bridgehead atoms. The quantitative estimate of drug-likeness (QED) is 0.415. The maximum Gasteiger partial charge on any atom is 0.303 e. The van der Waals surface area contributed by atoms with Gasteiger partial charge < -0.3 is 30.0 Å². The Morgan fingerprint density at radius 3 is 2.55 bits per heavy atom. The molecule has 0 aromatic heterocycles. The molecular weight excluding hydrogens is 404 g/mol. The number of hydrogen-bond donors (Lipinski definition) is 3. The molecule has 2 aromatic rings. The van der Waals surface area contributed by atoms with Crippen LogP contribution < -0.4 is 24.8 Å². The third-order valence-corrected chi connectivity index (χ3v) is 4.41. The lowest BCUT2D eigenvalue weighted by atomic mass is 10.1. The molecule has 2 aromatic carbocycles. The number of aliphatic carboxylic acids is 1. The number of carboxylic acids is 1. The average Bonchev–Trinajstić information content (AvgIpc) is 3.24. The summed E-state index contributed by atoms with van der Waals surface area (Å²) in [6.07, 6.45) is 1.71. The van der Waals surface area contributed by atoms with Crippen LogP contribution in [-0.2, 0) is 9.59 Å². The van der Waals surface area contributed by atoms with E-state index >= 15 is 0 Å². The third kappa shape index (κ3) is 5.99. The minimum absolute atomic E-state index is 0.00927. The van der Waals surface area contributed by atoms with Gasteiger partial charge >= 0.3 is 5.97 Å². The molecule has 0 aliphatic carbocycles. The second-order valence-corrected chi connectivity index (χ2v) is 6.61. The van der Waals surface area contributed by atoms with Gasteiger partial charge in [0.1, 0.15) is 11.4 Å². The number of carbonyl (C=O) groups excluding carboxylic acids is 2. The summed E-state index contributed by atoms with van der Waals surface area (Å²) in [4.78, 5) is 36.0. The topological polar surface area (TPSA) is 123 Å². The van der Waals surface area contributed by atoms with Crippen molar-refractivity contribution in [3.63, 3.8) is 0 Å². The summed E-state index contributed by atoms with van der Waals surface area (Å²) in [6.45, 7) is 0.273. The highest BCUT2D eigenvalue weighted by molar-refractivity contribution is 6.05. The second kappa shape index (κ2) is 10.1. The fourth-order valence-electron chi connectivity index (χ4n) is 2.80. The van der Waals surface area contributed by atoms with E-state index in [1.807, 2.05) is 0 Å². The van der Waals surface area contributed by atoms with E-state index in [0.29, 0.717) is 28.4 Å². The summed E-state index contributed by atoms with van der Waals surface area (Å²) in [5.74, 6) is -0.224. The van der Waals surface area contributed by atoms with Gasteiger partial charge in [0.2, 0.25) is 6.79 Å². The highest BCUT2D eigenvalue weighted by atomic mass is 16.7. The SMILES string of the molecule is COc1ccc(C(=O)NC(=Cc2ccc3c(c2)OCO3)C(=O)NCCCC(=O)O)cc1. The Hall–Kier alpha value is -4.01. The van der Waals surface area contributed by atoms with Crippen LogP contribution in [0.1, 0.15) is 28.8 Å². The van der Waals surface area contributed by atoms with Crippen LogP contribution in [0.2, 0.25) is 0 Å². The van der Waals surface area contributed by atoms with Crippen LogP contribution in [0, 0.1) is 0 Å². The molecule has 0 saturated carbocycles. The number of methoxy groups -OCH3 is 1. The van der Waals surface area contributed by atoms with Gasteiger partial charge in [0, 0.05) is 18.5 Å². The molecular formula is C22H22N2O7. The van der Waals surface area contributed by atoms with Gasteiger partial charge in [-0.3, -0.25) is 14.4 Å². The van der Waals surface area contributed by atoms with Crippen LogP contribution in [0.5, 0.6) is 17.2 Å². The van der Waals surface area contributed by atoms with Gasteiger partial charge in [-0.25, -0.2) is 0 Å². The van der Waals surface area contributed by atoms with Gasteiger partial charge in [-0.15, -0.1) is 0 Å². The first-order chi connectivity index (χ1) is 15.0. The van der Waals surface area contributed by atoms with Gasteiger partial charge in [-0.2, -0.15) is 0 Å². The van der Waals surface area contributed by atoms with Crippen molar-refractivity contribution >= 4 is 23.9 Å². The smallest absolute Gasteiger partial charge is 0.303 e. The number of benzene rings is 2. The normalized spacial score (nSPS) is 12.2. The third-order valence-electron chi connectivity index (χ3n) is 4.41. The van der Waals surface area contributed by atoms with Crippen LogP contribution in [0.25, 0.3) is 6.08 Å². The lowest BCUT2D eigenvalue weighted by Crippen LogP contribution is -2.35. The van der Waals surface area contributed by atoms with E-state index in [-0.39, 0.29) is 31.9 Å². The molecule has 0 unspecified atom stereocenters. The lowest BCUT2D eigenvalue weighted by Gasteiger charge is -2.11. The van der Waals surface area contributed by atoms with Gasteiger partial charge in [0.25, 0.3) is 11.8 Å². The summed E-state index contributed by atoms with van der Waals surface area (Å²) >= 11 is 0. The van der Waals surface area contributed by atoms with Gasteiger partial charge in [0.15, 0.2) is 11.5 Å². The molecule has 2 amide bonds. The van der Waals surface area contributed by atoms with Crippen LogP contribution in [0.15, 0.2) is 48.2 Å². The first kappa shape index (κ1) is 21.7. The first-order valence-corrected chi connectivity index (χ1v) is 9.53. The van der Waals surface area contributed by atoms with Crippen molar-refractivity contribution in [3.05, 3.63) is 59.3 Å². The molecule has 9 heteroatoms. The first-order valence-electron chi connectivity index (χ1n) is 9.53. The van der Waals surface area contributed by atoms with Crippen molar-refractivity contribution < 1.29 is 33.7 Å². The van der Waals surface area contributed by atoms with Crippen molar-refractivity contribution in [2.75, 3.05) is 20.4 Å². The number of rotatable bonds is 9. The van der Waals surface area contributed by atoms with Crippen molar-refractivity contribution in [3.8, 4) is 17.2 Å². The minimum Gasteiger partial charge on any atom is -0.497 e. The van der Waals surface area contributed by atoms with Crippen molar-refractivity contribution in [1.82, 2.24) is 10.6 Å². The number of amides is 2. The molecule has 0 spiro atoms. The molecule has 1 aliphatic heterocycles. The molecule has 31 heavy (non-hydrogen) atoms. The molecule has 3 N–H and O–H groups in total. The molecule has 0 saturated heterocycles. The second-order valence-electron chi connectivity index (χ2n) is 6.61. The fourth-order valence-corrected chi connectivity index (χ4v) is 2.80. The monoisotopic (exact) mass is 426 g/mol. The molecule has 3 rings (SSSR count). The van der Waals surface area contributed by atoms with Crippen molar-refractivity contribution in [2.45, 2.75) is 12.8 Å². The number of hydrogen-bond acceptors (Lipinski definition) is 6. The van der Waals surface area contributed by atoms with E-state index < -0.39 is 17.8 Å². The van der Waals surface area contributed by atoms with E-state index in [0.717, 1.165) is 0 Å². The summed E-state index contributed by atoms with van der Waals surface area (Å²) in [6, 6.07) is 11.6. The maximum absolute atomic E-state index is 12.7. The predicted octanol–water partition coefficient (Wildman–Crippen LogP) is 2.18. The zero-order chi connectivity index (χ0) is 22.2. The highest BCUT2D eigenvalue weighted by Crippen LogP contribution is 2.33.